The van der Waals surface area contributed by atoms with Crippen molar-refractivity contribution in [1.29, 1.82) is 0 Å². The molecule has 0 spiro atoms. The van der Waals surface area contributed by atoms with Crippen LogP contribution in [0.25, 0.3) is 0 Å². The van der Waals surface area contributed by atoms with E-state index in [0.29, 0.717) is 28.8 Å². The number of carbonyl (C=O) groups is 1. The fraction of sp³-hybridized carbons (Fsp3) is 0.357. The highest BCUT2D eigenvalue weighted by Crippen LogP contribution is 2.29. The molecule has 0 bridgehead atoms. The molecule has 7 nitrogen and oxygen atoms in total. The Morgan fingerprint density at radius 3 is 2.33 bits per heavy atom. The number of ether oxygens (including phenoxy) is 2. The first-order chi connectivity index (χ1) is 10.0. The third kappa shape index (κ3) is 3.31. The van der Waals surface area contributed by atoms with Crippen LogP contribution in [0, 0.1) is 13.8 Å². The first kappa shape index (κ1) is 14.8. The molecule has 1 heterocycles. The zero-order valence-electron chi connectivity index (χ0n) is 12.4. The first-order valence-electron chi connectivity index (χ1n) is 6.35. The van der Waals surface area contributed by atoms with Crippen molar-refractivity contribution in [3.63, 3.8) is 0 Å². The molecule has 0 aliphatic rings. The van der Waals surface area contributed by atoms with Crippen LogP contribution in [0.15, 0.2) is 16.7 Å². The number of rotatable bonds is 5. The fourth-order valence-corrected chi connectivity index (χ4v) is 1.89. The molecule has 0 radical (unpaired) electrons. The van der Waals surface area contributed by atoms with Gasteiger partial charge in [0.25, 0.3) is 5.91 Å². The summed E-state index contributed by atoms with van der Waals surface area (Å²) < 4.78 is 15.3. The lowest BCUT2D eigenvalue weighted by Gasteiger charge is -2.12. The highest BCUT2D eigenvalue weighted by molar-refractivity contribution is 5.95. The number of nitrogens with zero attached hydrogens (tertiary/aromatic N) is 2. The Hall–Kier alpha value is -2.57. The van der Waals surface area contributed by atoms with Crippen LogP contribution >= 0.6 is 0 Å². The third-order valence-corrected chi connectivity index (χ3v) is 2.99. The van der Waals surface area contributed by atoms with E-state index in [1.165, 1.54) is 0 Å². The van der Waals surface area contributed by atoms with Crippen LogP contribution in [0.2, 0.25) is 0 Å². The molecule has 0 aliphatic carbocycles. The average molecular weight is 291 g/mol. The largest absolute Gasteiger partial charge is 0.496 e. The topological polar surface area (TPSA) is 86.5 Å². The third-order valence-electron chi connectivity index (χ3n) is 2.99. The Balaban J connectivity index is 2.15. The Morgan fingerprint density at radius 1 is 1.24 bits per heavy atom. The van der Waals surface area contributed by atoms with E-state index in [9.17, 15) is 4.79 Å². The van der Waals surface area contributed by atoms with Gasteiger partial charge in [-0.05, 0) is 19.1 Å². The molecule has 21 heavy (non-hydrogen) atoms. The van der Waals surface area contributed by atoms with Crippen molar-refractivity contribution in [2.24, 2.45) is 0 Å². The van der Waals surface area contributed by atoms with Crippen molar-refractivity contribution < 1.29 is 18.8 Å². The molecule has 112 valence electrons. The normalized spacial score (nSPS) is 10.3. The highest BCUT2D eigenvalue weighted by Gasteiger charge is 2.14. The van der Waals surface area contributed by atoms with Crippen molar-refractivity contribution >= 4 is 5.91 Å². The summed E-state index contributed by atoms with van der Waals surface area (Å²) in [5, 5.41) is 6.43. The maximum absolute atomic E-state index is 12.2. The maximum atomic E-state index is 12.2. The van der Waals surface area contributed by atoms with Crippen LogP contribution in [-0.2, 0) is 6.54 Å². The maximum Gasteiger partial charge on any atom is 0.251 e. The standard InChI is InChI=1S/C14H17N3O4/c1-8-11(19-3)5-10(6-12(8)20-4)14(18)15-7-13-16-9(2)21-17-13/h5-6H,7H2,1-4H3,(H,15,18). The van der Waals surface area contributed by atoms with E-state index < -0.39 is 0 Å². The van der Waals surface area contributed by atoms with Crippen LogP contribution in [0.3, 0.4) is 0 Å². The monoisotopic (exact) mass is 291 g/mol. The van der Waals surface area contributed by atoms with Gasteiger partial charge in [-0.2, -0.15) is 4.98 Å². The Kier molecular flexibility index (Phi) is 4.42. The summed E-state index contributed by atoms with van der Waals surface area (Å²) in [6.07, 6.45) is 0. The summed E-state index contributed by atoms with van der Waals surface area (Å²) >= 11 is 0. The van der Waals surface area contributed by atoms with Crippen LogP contribution in [0.4, 0.5) is 0 Å². The van der Waals surface area contributed by atoms with Crippen molar-refractivity contribution in [2.75, 3.05) is 14.2 Å². The molecule has 0 aliphatic heterocycles. The van der Waals surface area contributed by atoms with Gasteiger partial charge in [0.15, 0.2) is 5.82 Å². The van der Waals surface area contributed by atoms with Gasteiger partial charge in [-0.15, -0.1) is 0 Å². The highest BCUT2D eigenvalue weighted by atomic mass is 16.5. The molecule has 0 atom stereocenters. The molecule has 1 amide bonds. The second kappa shape index (κ2) is 6.25. The molecular weight excluding hydrogens is 274 g/mol. The van der Waals surface area contributed by atoms with E-state index in [0.717, 1.165) is 5.56 Å². The van der Waals surface area contributed by atoms with Crippen LogP contribution in [0.5, 0.6) is 11.5 Å². The summed E-state index contributed by atoms with van der Waals surface area (Å²) in [7, 11) is 3.09. The zero-order valence-corrected chi connectivity index (χ0v) is 12.4. The Bertz CT molecular complexity index is 626. The smallest absolute Gasteiger partial charge is 0.251 e. The number of benzene rings is 1. The van der Waals surface area contributed by atoms with E-state index >= 15 is 0 Å². The molecule has 1 N–H and O–H groups in total. The molecule has 0 saturated carbocycles. The lowest BCUT2D eigenvalue weighted by Crippen LogP contribution is -2.23. The first-order valence-corrected chi connectivity index (χ1v) is 6.35. The lowest BCUT2D eigenvalue weighted by molar-refractivity contribution is 0.0949. The van der Waals surface area contributed by atoms with E-state index in [1.807, 2.05) is 6.92 Å². The lowest BCUT2D eigenvalue weighted by atomic mass is 10.1. The van der Waals surface area contributed by atoms with Gasteiger partial charge in [0.1, 0.15) is 11.5 Å². The van der Waals surface area contributed by atoms with Gasteiger partial charge in [-0.1, -0.05) is 5.16 Å². The quantitative estimate of drug-likeness (QED) is 0.901. The summed E-state index contributed by atoms with van der Waals surface area (Å²) in [4.78, 5) is 16.2. The van der Waals surface area contributed by atoms with Crippen molar-refractivity contribution in [3.8, 4) is 11.5 Å². The molecule has 1 aromatic carbocycles. The molecule has 0 fully saturated rings. The Labute approximate surface area is 122 Å². The van der Waals surface area contributed by atoms with E-state index in [-0.39, 0.29) is 12.5 Å². The minimum absolute atomic E-state index is 0.189. The van der Waals surface area contributed by atoms with E-state index in [1.54, 1.807) is 33.3 Å². The van der Waals surface area contributed by atoms with E-state index in [2.05, 4.69) is 15.5 Å². The zero-order chi connectivity index (χ0) is 15.4. The molecular formula is C14H17N3O4. The number of carbonyl (C=O) groups excluding carboxylic acids is 1. The number of aromatic nitrogens is 2. The number of aryl methyl sites for hydroxylation is 1. The van der Waals surface area contributed by atoms with Gasteiger partial charge in [-0.3, -0.25) is 4.79 Å². The van der Waals surface area contributed by atoms with Gasteiger partial charge >= 0.3 is 0 Å². The number of methoxy groups -OCH3 is 2. The molecule has 2 aromatic rings. The fourth-order valence-electron chi connectivity index (χ4n) is 1.89. The minimum Gasteiger partial charge on any atom is -0.496 e. The molecule has 7 heteroatoms. The summed E-state index contributed by atoms with van der Waals surface area (Å²) in [5.74, 6) is 1.80. The molecule has 2 rings (SSSR count). The van der Waals surface area contributed by atoms with Crippen LogP contribution in [0.1, 0.15) is 27.6 Å². The van der Waals surface area contributed by atoms with Gasteiger partial charge in [0.2, 0.25) is 5.89 Å². The SMILES string of the molecule is COc1cc(C(=O)NCc2noc(C)n2)cc(OC)c1C. The number of amides is 1. The second-order valence-corrected chi connectivity index (χ2v) is 4.42. The number of hydrogen-bond donors (Lipinski definition) is 1. The van der Waals surface area contributed by atoms with Gasteiger partial charge in [0.05, 0.1) is 20.8 Å². The predicted octanol–water partition coefficient (Wildman–Crippen LogP) is 1.63. The van der Waals surface area contributed by atoms with Crippen molar-refractivity contribution in [1.82, 2.24) is 15.5 Å². The second-order valence-electron chi connectivity index (χ2n) is 4.42. The minimum atomic E-state index is -0.269. The van der Waals surface area contributed by atoms with Gasteiger partial charge in [0, 0.05) is 18.1 Å². The number of hydrogen-bond acceptors (Lipinski definition) is 6. The summed E-state index contributed by atoms with van der Waals surface area (Å²) in [6, 6.07) is 3.32. The van der Waals surface area contributed by atoms with Crippen molar-refractivity contribution in [3.05, 3.63) is 35.0 Å². The molecule has 0 saturated heterocycles. The number of nitrogens with one attached hydrogen (secondary N) is 1. The van der Waals surface area contributed by atoms with Gasteiger partial charge in [-0.25, -0.2) is 0 Å². The van der Waals surface area contributed by atoms with Crippen LogP contribution < -0.4 is 14.8 Å². The molecule has 0 unspecified atom stereocenters. The summed E-state index contributed by atoms with van der Waals surface area (Å²) in [5.41, 5.74) is 1.28. The average Bonchev–Trinajstić information content (AvgIpc) is 2.90. The Morgan fingerprint density at radius 2 is 1.86 bits per heavy atom. The van der Waals surface area contributed by atoms with Crippen molar-refractivity contribution in [2.45, 2.75) is 20.4 Å². The summed E-state index contributed by atoms with van der Waals surface area (Å²) in [6.45, 7) is 3.74. The predicted molar refractivity (Wildman–Crippen MR) is 74.5 cm³/mol. The van der Waals surface area contributed by atoms with Gasteiger partial charge < -0.3 is 19.3 Å². The van der Waals surface area contributed by atoms with Crippen LogP contribution in [-0.4, -0.2) is 30.3 Å². The molecule has 1 aromatic heterocycles. The van der Waals surface area contributed by atoms with E-state index in [4.69, 9.17) is 14.0 Å².